The average molecular weight is 315 g/mol. The van der Waals surface area contributed by atoms with E-state index >= 15 is 0 Å². The van der Waals surface area contributed by atoms with Gasteiger partial charge in [0.1, 0.15) is 5.75 Å². The number of carbonyl (C=O) groups excluding carboxylic acids is 2. The van der Waals surface area contributed by atoms with Gasteiger partial charge in [0.05, 0.1) is 24.3 Å². The summed E-state index contributed by atoms with van der Waals surface area (Å²) in [5.74, 6) is 0.979. The molecule has 0 radical (unpaired) electrons. The minimum absolute atomic E-state index is 0.0238. The highest BCUT2D eigenvalue weighted by Gasteiger charge is 2.09. The van der Waals surface area contributed by atoms with Crippen molar-refractivity contribution in [2.24, 2.45) is 0 Å². The zero-order chi connectivity index (χ0) is 15.8. The highest BCUT2D eigenvalue weighted by Crippen LogP contribution is 2.23. The third-order valence-corrected chi connectivity index (χ3v) is 3.88. The minimum Gasteiger partial charge on any atom is -0.495 e. The Morgan fingerprint density at radius 1 is 1.00 bits per heavy atom. The molecule has 0 aliphatic heterocycles. The maximum absolute atomic E-state index is 11.9. The van der Waals surface area contributed by atoms with Crippen LogP contribution in [0.1, 0.15) is 10.4 Å². The van der Waals surface area contributed by atoms with Gasteiger partial charge in [0, 0.05) is 5.56 Å². The van der Waals surface area contributed by atoms with Gasteiger partial charge < -0.3 is 10.1 Å². The van der Waals surface area contributed by atoms with Crippen LogP contribution < -0.4 is 10.1 Å². The molecule has 2 aromatic carbocycles. The first-order chi connectivity index (χ1) is 10.7. The lowest BCUT2D eigenvalue weighted by atomic mass is 10.2. The molecular weight excluding hydrogens is 298 g/mol. The number of nitrogens with one attached hydrogen (secondary N) is 1. The lowest BCUT2D eigenvalue weighted by Gasteiger charge is -2.09. The zero-order valence-electron chi connectivity index (χ0n) is 12.2. The number of methoxy groups -OCH3 is 1. The van der Waals surface area contributed by atoms with E-state index in [1.165, 1.54) is 11.8 Å². The van der Waals surface area contributed by atoms with Crippen LogP contribution in [0.4, 0.5) is 5.69 Å². The molecule has 0 aromatic heterocycles. The SMILES string of the molecule is COc1ccccc1NC(=O)CSCC(=O)c1ccccc1. The molecule has 114 valence electrons. The third kappa shape index (κ3) is 4.63. The topological polar surface area (TPSA) is 55.4 Å². The van der Waals surface area contributed by atoms with Crippen molar-refractivity contribution in [3.05, 3.63) is 60.2 Å². The van der Waals surface area contributed by atoms with Gasteiger partial charge in [-0.3, -0.25) is 9.59 Å². The summed E-state index contributed by atoms with van der Waals surface area (Å²) in [6.07, 6.45) is 0. The number of rotatable bonds is 7. The number of anilines is 1. The smallest absolute Gasteiger partial charge is 0.234 e. The van der Waals surface area contributed by atoms with E-state index in [2.05, 4.69) is 5.32 Å². The Labute approximate surface area is 133 Å². The van der Waals surface area contributed by atoms with E-state index in [1.54, 1.807) is 31.4 Å². The van der Waals surface area contributed by atoms with Crippen molar-refractivity contribution in [1.29, 1.82) is 0 Å². The summed E-state index contributed by atoms with van der Waals surface area (Å²) < 4.78 is 5.17. The number of Topliss-reactive ketones (excluding diaryl/α,β-unsaturated/α-hetero) is 1. The molecule has 2 rings (SSSR count). The van der Waals surface area contributed by atoms with Crippen LogP contribution in [0.15, 0.2) is 54.6 Å². The number of carbonyl (C=O) groups is 2. The summed E-state index contributed by atoms with van der Waals surface area (Å²) >= 11 is 1.29. The molecule has 2 aromatic rings. The standard InChI is InChI=1S/C17H17NO3S/c1-21-16-10-6-5-9-14(16)18-17(20)12-22-11-15(19)13-7-3-2-4-8-13/h2-10H,11-12H2,1H3,(H,18,20). The van der Waals surface area contributed by atoms with Crippen molar-refractivity contribution in [3.63, 3.8) is 0 Å². The van der Waals surface area contributed by atoms with E-state index in [4.69, 9.17) is 4.74 Å². The lowest BCUT2D eigenvalue weighted by molar-refractivity contribution is -0.113. The lowest BCUT2D eigenvalue weighted by Crippen LogP contribution is -2.16. The van der Waals surface area contributed by atoms with Crippen LogP contribution in [-0.2, 0) is 4.79 Å². The fourth-order valence-electron chi connectivity index (χ4n) is 1.88. The maximum atomic E-state index is 11.9. The predicted octanol–water partition coefficient (Wildman–Crippen LogP) is 3.25. The van der Waals surface area contributed by atoms with Gasteiger partial charge in [0.25, 0.3) is 0 Å². The summed E-state index contributed by atoms with van der Waals surface area (Å²) in [6.45, 7) is 0. The average Bonchev–Trinajstić information content (AvgIpc) is 2.56. The largest absolute Gasteiger partial charge is 0.495 e. The Hall–Kier alpha value is -2.27. The molecule has 0 aliphatic carbocycles. The maximum Gasteiger partial charge on any atom is 0.234 e. The molecule has 0 bridgehead atoms. The predicted molar refractivity (Wildman–Crippen MR) is 89.7 cm³/mol. The molecule has 0 heterocycles. The molecule has 5 heteroatoms. The zero-order valence-corrected chi connectivity index (χ0v) is 13.1. The van der Waals surface area contributed by atoms with Crippen LogP contribution in [0.3, 0.4) is 0 Å². The number of ether oxygens (including phenoxy) is 1. The van der Waals surface area contributed by atoms with Gasteiger partial charge in [0.15, 0.2) is 5.78 Å². The van der Waals surface area contributed by atoms with Crippen molar-refractivity contribution in [2.45, 2.75) is 0 Å². The monoisotopic (exact) mass is 315 g/mol. The second-order valence-corrected chi connectivity index (χ2v) is 5.52. The van der Waals surface area contributed by atoms with Gasteiger partial charge in [-0.15, -0.1) is 11.8 Å². The van der Waals surface area contributed by atoms with Gasteiger partial charge in [-0.1, -0.05) is 42.5 Å². The second-order valence-electron chi connectivity index (χ2n) is 4.53. The summed E-state index contributed by atoms with van der Waals surface area (Å²) in [5, 5.41) is 2.78. The molecule has 0 fully saturated rings. The van der Waals surface area contributed by atoms with Crippen molar-refractivity contribution in [3.8, 4) is 5.75 Å². The van der Waals surface area contributed by atoms with Crippen LogP contribution in [0.2, 0.25) is 0 Å². The van der Waals surface area contributed by atoms with E-state index in [1.807, 2.05) is 30.3 Å². The summed E-state index contributed by atoms with van der Waals surface area (Å²) in [5.41, 5.74) is 1.30. The number of para-hydroxylation sites is 2. The van der Waals surface area contributed by atoms with E-state index in [0.29, 0.717) is 17.0 Å². The van der Waals surface area contributed by atoms with E-state index in [0.717, 1.165) is 0 Å². The number of ketones is 1. The Kier molecular flexibility index (Phi) is 6.03. The third-order valence-electron chi connectivity index (χ3n) is 2.94. The number of benzene rings is 2. The van der Waals surface area contributed by atoms with Gasteiger partial charge in [0.2, 0.25) is 5.91 Å². The van der Waals surface area contributed by atoms with E-state index in [-0.39, 0.29) is 23.2 Å². The van der Waals surface area contributed by atoms with Crippen LogP contribution in [0.25, 0.3) is 0 Å². The van der Waals surface area contributed by atoms with Crippen LogP contribution >= 0.6 is 11.8 Å². The molecule has 0 atom stereocenters. The van der Waals surface area contributed by atoms with Gasteiger partial charge in [-0.25, -0.2) is 0 Å². The molecule has 0 aliphatic rings. The van der Waals surface area contributed by atoms with Crippen molar-refractivity contribution >= 4 is 29.1 Å². The molecule has 4 nitrogen and oxygen atoms in total. The first-order valence-electron chi connectivity index (χ1n) is 6.79. The van der Waals surface area contributed by atoms with Gasteiger partial charge in [-0.2, -0.15) is 0 Å². The van der Waals surface area contributed by atoms with E-state index in [9.17, 15) is 9.59 Å². The molecule has 0 spiro atoms. The first-order valence-corrected chi connectivity index (χ1v) is 7.95. The molecule has 0 saturated heterocycles. The second kappa shape index (κ2) is 8.24. The first kappa shape index (κ1) is 16.1. The highest BCUT2D eigenvalue weighted by atomic mass is 32.2. The quantitative estimate of drug-likeness (QED) is 0.797. The van der Waals surface area contributed by atoms with Crippen molar-refractivity contribution < 1.29 is 14.3 Å². The Morgan fingerprint density at radius 3 is 2.41 bits per heavy atom. The number of amides is 1. The molecule has 1 amide bonds. The number of thioether (sulfide) groups is 1. The highest BCUT2D eigenvalue weighted by molar-refractivity contribution is 8.00. The molecular formula is C17H17NO3S. The molecule has 0 saturated carbocycles. The van der Waals surface area contributed by atoms with Crippen molar-refractivity contribution in [2.75, 3.05) is 23.9 Å². The molecule has 0 unspecified atom stereocenters. The minimum atomic E-state index is -0.157. The number of hydrogen-bond donors (Lipinski definition) is 1. The summed E-state index contributed by atoms with van der Waals surface area (Å²) in [7, 11) is 1.55. The van der Waals surface area contributed by atoms with Gasteiger partial charge >= 0.3 is 0 Å². The Morgan fingerprint density at radius 2 is 1.68 bits per heavy atom. The fourth-order valence-corrected chi connectivity index (χ4v) is 2.59. The fraction of sp³-hybridized carbons (Fsp3) is 0.176. The van der Waals surface area contributed by atoms with Crippen LogP contribution in [0.5, 0.6) is 5.75 Å². The van der Waals surface area contributed by atoms with Crippen LogP contribution in [-0.4, -0.2) is 30.3 Å². The van der Waals surface area contributed by atoms with Crippen molar-refractivity contribution in [1.82, 2.24) is 0 Å². The number of hydrogen-bond acceptors (Lipinski definition) is 4. The summed E-state index contributed by atoms with van der Waals surface area (Å²) in [6, 6.07) is 16.3. The normalized spacial score (nSPS) is 10.0. The van der Waals surface area contributed by atoms with Crippen LogP contribution in [0, 0.1) is 0 Å². The molecule has 22 heavy (non-hydrogen) atoms. The Balaban J connectivity index is 1.80. The molecule has 1 N–H and O–H groups in total. The summed E-state index contributed by atoms with van der Waals surface area (Å²) in [4.78, 5) is 23.8. The van der Waals surface area contributed by atoms with Gasteiger partial charge in [-0.05, 0) is 12.1 Å². The van der Waals surface area contributed by atoms with E-state index < -0.39 is 0 Å². The Bertz CT molecular complexity index is 643.